The number of nitrogens with zero attached hydrogens (tertiary/aromatic N) is 1. The number of pyridine rings is 1. The molecule has 2 N–H and O–H groups in total. The first kappa shape index (κ1) is 10.9. The predicted molar refractivity (Wildman–Crippen MR) is 69.3 cm³/mol. The molecule has 0 spiro atoms. The van der Waals surface area contributed by atoms with Crippen LogP contribution in [0.5, 0.6) is 0 Å². The Kier molecular flexibility index (Phi) is 2.58. The van der Waals surface area contributed by atoms with E-state index in [-0.39, 0.29) is 0 Å². The molecule has 1 aromatic carbocycles. The minimum absolute atomic E-state index is 0.300. The lowest BCUT2D eigenvalue weighted by Gasteiger charge is -2.18. The number of rotatable bonds is 1. The molecule has 0 unspecified atom stereocenters. The van der Waals surface area contributed by atoms with Gasteiger partial charge in [-0.15, -0.1) is 0 Å². The Morgan fingerprint density at radius 2 is 1.94 bits per heavy atom. The zero-order valence-corrected chi connectivity index (χ0v) is 10.1. The normalized spacial score (nSPS) is 11.9. The summed E-state index contributed by atoms with van der Waals surface area (Å²) in [6.45, 7) is 6.72. The van der Waals surface area contributed by atoms with Gasteiger partial charge in [0.2, 0.25) is 0 Å². The van der Waals surface area contributed by atoms with E-state index in [1.807, 2.05) is 6.07 Å². The van der Waals surface area contributed by atoms with Crippen molar-refractivity contribution in [3.05, 3.63) is 36.0 Å². The van der Waals surface area contributed by atoms with E-state index >= 15 is 0 Å². The number of fused-ring (bicyclic) bond motifs is 1. The lowest BCUT2D eigenvalue weighted by molar-refractivity contribution is 0.411. The zero-order valence-electron chi connectivity index (χ0n) is 10.1. The molecule has 0 saturated heterocycles. The van der Waals surface area contributed by atoms with Crippen LogP contribution in [-0.4, -0.2) is 4.98 Å². The number of anilines is 1. The highest BCUT2D eigenvalue weighted by Gasteiger charge is 2.11. The second-order valence-electron chi connectivity index (χ2n) is 5.49. The van der Waals surface area contributed by atoms with E-state index < -0.39 is 0 Å². The van der Waals surface area contributed by atoms with Crippen LogP contribution in [0.25, 0.3) is 10.9 Å². The van der Waals surface area contributed by atoms with Crippen molar-refractivity contribution < 1.29 is 0 Å². The molecule has 1 aromatic heterocycles. The van der Waals surface area contributed by atoms with E-state index in [9.17, 15) is 0 Å². The molecule has 2 nitrogen and oxygen atoms in total. The molecule has 2 aromatic rings. The first-order valence-corrected chi connectivity index (χ1v) is 5.59. The van der Waals surface area contributed by atoms with Gasteiger partial charge in [0.1, 0.15) is 0 Å². The van der Waals surface area contributed by atoms with Crippen molar-refractivity contribution in [3.8, 4) is 0 Å². The van der Waals surface area contributed by atoms with Crippen molar-refractivity contribution in [2.75, 3.05) is 5.73 Å². The lowest BCUT2D eigenvalue weighted by Crippen LogP contribution is -2.09. The van der Waals surface area contributed by atoms with Gasteiger partial charge in [-0.3, -0.25) is 4.98 Å². The van der Waals surface area contributed by atoms with Crippen LogP contribution < -0.4 is 5.73 Å². The van der Waals surface area contributed by atoms with Crippen molar-refractivity contribution >= 4 is 16.6 Å². The van der Waals surface area contributed by atoms with E-state index in [1.165, 1.54) is 5.56 Å². The number of benzene rings is 1. The minimum atomic E-state index is 0.300. The van der Waals surface area contributed by atoms with Crippen LogP contribution in [0, 0.1) is 5.41 Å². The molecule has 0 aliphatic rings. The molecule has 0 amide bonds. The molecule has 2 heteroatoms. The SMILES string of the molecule is CC(C)(C)Cc1ccc2c(N)ccnc2c1. The van der Waals surface area contributed by atoms with Crippen LogP contribution in [0.15, 0.2) is 30.5 Å². The molecule has 0 aliphatic heterocycles. The molecular formula is C14H18N2. The van der Waals surface area contributed by atoms with E-state index in [1.54, 1.807) is 6.20 Å². The highest BCUT2D eigenvalue weighted by atomic mass is 14.7. The van der Waals surface area contributed by atoms with Crippen molar-refractivity contribution in [2.24, 2.45) is 5.41 Å². The molecule has 0 aliphatic carbocycles. The van der Waals surface area contributed by atoms with Gasteiger partial charge in [0.15, 0.2) is 0 Å². The Morgan fingerprint density at radius 3 is 2.62 bits per heavy atom. The summed E-state index contributed by atoms with van der Waals surface area (Å²) in [6.07, 6.45) is 2.82. The number of nitrogens with two attached hydrogens (primary N) is 1. The molecule has 0 bridgehead atoms. The molecule has 1 heterocycles. The fraction of sp³-hybridized carbons (Fsp3) is 0.357. The van der Waals surface area contributed by atoms with Crippen molar-refractivity contribution in [1.82, 2.24) is 4.98 Å². The van der Waals surface area contributed by atoms with Gasteiger partial charge in [-0.25, -0.2) is 0 Å². The standard InChI is InChI=1S/C14H18N2/c1-14(2,3)9-10-4-5-11-12(15)6-7-16-13(11)8-10/h4-8H,9H2,1-3H3,(H2,15,16). The van der Waals surface area contributed by atoms with Crippen LogP contribution >= 0.6 is 0 Å². The molecule has 16 heavy (non-hydrogen) atoms. The maximum Gasteiger partial charge on any atom is 0.0725 e. The molecule has 84 valence electrons. The summed E-state index contributed by atoms with van der Waals surface area (Å²) < 4.78 is 0. The van der Waals surface area contributed by atoms with Crippen LogP contribution in [0.2, 0.25) is 0 Å². The van der Waals surface area contributed by atoms with Crippen molar-refractivity contribution in [3.63, 3.8) is 0 Å². The summed E-state index contributed by atoms with van der Waals surface area (Å²) in [5.41, 5.74) is 9.30. The zero-order chi connectivity index (χ0) is 11.8. The first-order valence-electron chi connectivity index (χ1n) is 5.59. The van der Waals surface area contributed by atoms with Gasteiger partial charge < -0.3 is 5.73 Å². The fourth-order valence-electron chi connectivity index (χ4n) is 1.94. The summed E-state index contributed by atoms with van der Waals surface area (Å²) in [7, 11) is 0. The monoisotopic (exact) mass is 214 g/mol. The molecule has 0 atom stereocenters. The molecule has 0 fully saturated rings. The highest BCUT2D eigenvalue weighted by Crippen LogP contribution is 2.24. The van der Waals surface area contributed by atoms with Crippen molar-refractivity contribution in [1.29, 1.82) is 0 Å². The van der Waals surface area contributed by atoms with E-state index in [4.69, 9.17) is 5.73 Å². The fourth-order valence-corrected chi connectivity index (χ4v) is 1.94. The van der Waals surface area contributed by atoms with Gasteiger partial charge in [-0.05, 0) is 29.5 Å². The molecule has 0 radical (unpaired) electrons. The minimum Gasteiger partial charge on any atom is -0.398 e. The summed E-state index contributed by atoms with van der Waals surface area (Å²) >= 11 is 0. The lowest BCUT2D eigenvalue weighted by atomic mass is 9.88. The molecule has 0 saturated carbocycles. The average Bonchev–Trinajstić information content (AvgIpc) is 2.15. The maximum atomic E-state index is 5.89. The second kappa shape index (κ2) is 3.78. The number of hydrogen-bond acceptors (Lipinski definition) is 2. The predicted octanol–water partition coefficient (Wildman–Crippen LogP) is 3.41. The molecular weight excluding hydrogens is 196 g/mol. The van der Waals surface area contributed by atoms with E-state index in [0.29, 0.717) is 5.41 Å². The van der Waals surface area contributed by atoms with E-state index in [0.717, 1.165) is 23.0 Å². The van der Waals surface area contributed by atoms with Gasteiger partial charge in [-0.2, -0.15) is 0 Å². The van der Waals surface area contributed by atoms with Crippen LogP contribution in [0.1, 0.15) is 26.3 Å². The summed E-state index contributed by atoms with van der Waals surface area (Å²) in [5, 5.41) is 1.04. The summed E-state index contributed by atoms with van der Waals surface area (Å²) in [5.74, 6) is 0. The van der Waals surface area contributed by atoms with Gasteiger partial charge >= 0.3 is 0 Å². The smallest absolute Gasteiger partial charge is 0.0725 e. The Morgan fingerprint density at radius 1 is 1.19 bits per heavy atom. The Labute approximate surface area is 96.5 Å². The van der Waals surface area contributed by atoms with Gasteiger partial charge in [-0.1, -0.05) is 32.9 Å². The van der Waals surface area contributed by atoms with Crippen molar-refractivity contribution in [2.45, 2.75) is 27.2 Å². The quantitative estimate of drug-likeness (QED) is 0.790. The number of hydrogen-bond donors (Lipinski definition) is 1. The highest BCUT2D eigenvalue weighted by molar-refractivity contribution is 5.90. The number of aromatic nitrogens is 1. The Hall–Kier alpha value is -1.57. The van der Waals surface area contributed by atoms with Gasteiger partial charge in [0.05, 0.1) is 5.52 Å². The first-order chi connectivity index (χ1) is 7.46. The third kappa shape index (κ3) is 2.32. The van der Waals surface area contributed by atoms with Gasteiger partial charge in [0, 0.05) is 17.3 Å². The third-order valence-electron chi connectivity index (χ3n) is 2.58. The van der Waals surface area contributed by atoms with Crippen LogP contribution in [0.3, 0.4) is 0 Å². The summed E-state index contributed by atoms with van der Waals surface area (Å²) in [4.78, 5) is 4.35. The third-order valence-corrected chi connectivity index (χ3v) is 2.58. The van der Waals surface area contributed by atoms with Gasteiger partial charge in [0.25, 0.3) is 0 Å². The largest absolute Gasteiger partial charge is 0.398 e. The van der Waals surface area contributed by atoms with Crippen LogP contribution in [0.4, 0.5) is 5.69 Å². The Bertz CT molecular complexity index is 510. The summed E-state index contributed by atoms with van der Waals surface area (Å²) in [6, 6.07) is 8.19. The average molecular weight is 214 g/mol. The maximum absolute atomic E-state index is 5.89. The second-order valence-corrected chi connectivity index (χ2v) is 5.49. The number of nitrogen functional groups attached to an aromatic ring is 1. The topological polar surface area (TPSA) is 38.9 Å². The molecule has 2 rings (SSSR count). The van der Waals surface area contributed by atoms with E-state index in [2.05, 4.69) is 44.0 Å². The Balaban J connectivity index is 2.45. The van der Waals surface area contributed by atoms with Crippen LogP contribution in [-0.2, 0) is 6.42 Å².